The number of anilines is 1. The number of aliphatic hydroxyl groups is 2. The molecule has 4 aromatic rings. The van der Waals surface area contributed by atoms with Gasteiger partial charge in [-0.1, -0.05) is 11.2 Å². The van der Waals surface area contributed by atoms with Crippen LogP contribution in [-0.4, -0.2) is 37.3 Å². The van der Waals surface area contributed by atoms with Gasteiger partial charge in [0.25, 0.3) is 0 Å². The van der Waals surface area contributed by atoms with Gasteiger partial charge in [-0.25, -0.2) is 13.8 Å². The van der Waals surface area contributed by atoms with Crippen LogP contribution in [0.15, 0.2) is 40.9 Å². The molecule has 0 bridgehead atoms. The Balaban J connectivity index is 1.50. The molecule has 37 heavy (non-hydrogen) atoms. The van der Waals surface area contributed by atoms with Gasteiger partial charge >= 0.3 is 0 Å². The molecular formula is C28H30F2N4O3. The average Bonchev–Trinajstić information content (AvgIpc) is 3.55. The number of halogens is 2. The monoisotopic (exact) mass is 508 g/mol. The van der Waals surface area contributed by atoms with Gasteiger partial charge in [0.1, 0.15) is 17.8 Å². The Morgan fingerprint density at radius 1 is 0.919 bits per heavy atom. The Hall–Kier alpha value is -3.30. The van der Waals surface area contributed by atoms with Crippen LogP contribution < -0.4 is 4.90 Å². The van der Waals surface area contributed by atoms with Crippen LogP contribution in [0.4, 0.5) is 14.5 Å². The van der Waals surface area contributed by atoms with E-state index in [2.05, 4.69) is 15.8 Å². The van der Waals surface area contributed by atoms with Crippen LogP contribution in [0.2, 0.25) is 0 Å². The first kappa shape index (κ1) is 24.1. The maximum atomic E-state index is 14.2. The molecule has 2 fully saturated rings. The number of rotatable bonds is 4. The van der Waals surface area contributed by atoms with Crippen molar-refractivity contribution >= 4 is 16.7 Å². The van der Waals surface area contributed by atoms with E-state index in [1.165, 1.54) is 6.07 Å². The number of aromatic nitrogens is 3. The molecule has 0 radical (unpaired) electrons. The molecule has 7 nitrogen and oxygen atoms in total. The quantitative estimate of drug-likeness (QED) is 0.367. The summed E-state index contributed by atoms with van der Waals surface area (Å²) in [6.45, 7) is 3.80. The zero-order chi connectivity index (χ0) is 25.8. The molecule has 2 N–H and O–H groups in total. The zero-order valence-corrected chi connectivity index (χ0v) is 20.9. The van der Waals surface area contributed by atoms with Crippen molar-refractivity contribution < 1.29 is 23.5 Å². The summed E-state index contributed by atoms with van der Waals surface area (Å²) in [5.41, 5.74) is 4.91. The Kier molecular flexibility index (Phi) is 6.00. The molecule has 2 aromatic carbocycles. The average molecular weight is 509 g/mol. The lowest BCUT2D eigenvalue weighted by molar-refractivity contribution is 0.110. The van der Waals surface area contributed by atoms with E-state index in [-0.39, 0.29) is 18.2 Å². The fraction of sp³-hybridized carbons (Fsp3) is 0.429. The zero-order valence-electron chi connectivity index (χ0n) is 20.9. The van der Waals surface area contributed by atoms with Gasteiger partial charge in [0.15, 0.2) is 11.6 Å². The molecule has 6 rings (SSSR count). The van der Waals surface area contributed by atoms with Crippen molar-refractivity contribution in [1.82, 2.24) is 14.7 Å². The van der Waals surface area contributed by atoms with Crippen LogP contribution in [0.3, 0.4) is 0 Å². The van der Waals surface area contributed by atoms with Crippen LogP contribution in [0.5, 0.6) is 0 Å². The predicted octanol–water partition coefficient (Wildman–Crippen LogP) is 5.72. The molecule has 2 aliphatic rings. The number of hydrogen-bond donors (Lipinski definition) is 2. The Labute approximate surface area is 213 Å². The van der Waals surface area contributed by atoms with E-state index < -0.39 is 17.9 Å². The van der Waals surface area contributed by atoms with Crippen molar-refractivity contribution in [3.8, 4) is 11.1 Å². The van der Waals surface area contributed by atoms with E-state index in [9.17, 15) is 19.0 Å². The molecule has 1 unspecified atom stereocenters. The standard InChI is InChI=1S/C28H30F2N4O3/c1-15-27(16(2)37-32-15)17-3-10-24-23(13-17)31-28(34(24)18-4-7-20(35)8-5-18)25-11-12-26(36)33(25)19-6-9-21(29)22(30)14-19/h3,6,9-10,13-14,18,20,25-26,35-36H,4-5,7-8,11-12H2,1-2H3/t18-,20-,25-,26?/m0/s1. The summed E-state index contributed by atoms with van der Waals surface area (Å²) in [5.74, 6) is -0.349. The largest absolute Gasteiger partial charge is 0.393 e. The summed E-state index contributed by atoms with van der Waals surface area (Å²) in [5, 5.41) is 25.1. The van der Waals surface area contributed by atoms with Crippen molar-refractivity contribution in [2.75, 3.05) is 4.90 Å². The second kappa shape index (κ2) is 9.22. The van der Waals surface area contributed by atoms with Crippen LogP contribution in [0.25, 0.3) is 22.2 Å². The minimum Gasteiger partial charge on any atom is -0.393 e. The summed E-state index contributed by atoms with van der Waals surface area (Å²) in [6.07, 6.45) is 3.01. The van der Waals surface area contributed by atoms with E-state index in [1.54, 1.807) is 4.90 Å². The summed E-state index contributed by atoms with van der Waals surface area (Å²) < 4.78 is 35.5. The third-order valence-electron chi connectivity index (χ3n) is 7.92. The van der Waals surface area contributed by atoms with E-state index in [0.717, 1.165) is 64.4 Å². The van der Waals surface area contributed by atoms with Gasteiger partial charge in [0.05, 0.1) is 28.9 Å². The first-order valence-corrected chi connectivity index (χ1v) is 12.9. The van der Waals surface area contributed by atoms with Crippen LogP contribution >= 0.6 is 0 Å². The molecule has 0 amide bonds. The Morgan fingerprint density at radius 2 is 1.70 bits per heavy atom. The summed E-state index contributed by atoms with van der Waals surface area (Å²) in [4.78, 5) is 6.84. The number of nitrogens with zero attached hydrogens (tertiary/aromatic N) is 4. The molecule has 2 atom stereocenters. The van der Waals surface area contributed by atoms with Crippen molar-refractivity contribution in [3.63, 3.8) is 0 Å². The number of aryl methyl sites for hydroxylation is 2. The summed E-state index contributed by atoms with van der Waals surface area (Å²) in [7, 11) is 0. The fourth-order valence-corrected chi connectivity index (χ4v) is 6.15. The van der Waals surface area contributed by atoms with Gasteiger partial charge in [-0.3, -0.25) is 0 Å². The fourth-order valence-electron chi connectivity index (χ4n) is 6.15. The second-order valence-corrected chi connectivity index (χ2v) is 10.3. The number of benzene rings is 2. The number of aliphatic hydroxyl groups excluding tert-OH is 2. The minimum atomic E-state index is -0.950. The Bertz CT molecular complexity index is 1440. The van der Waals surface area contributed by atoms with Gasteiger partial charge < -0.3 is 24.2 Å². The number of imidazole rings is 1. The third-order valence-corrected chi connectivity index (χ3v) is 7.92. The van der Waals surface area contributed by atoms with Gasteiger partial charge in [0, 0.05) is 23.4 Å². The molecule has 194 valence electrons. The normalized spacial score (nSPS) is 24.3. The molecule has 9 heteroatoms. The molecule has 1 saturated carbocycles. The van der Waals surface area contributed by atoms with Crippen molar-refractivity contribution in [1.29, 1.82) is 0 Å². The van der Waals surface area contributed by atoms with E-state index in [0.29, 0.717) is 31.4 Å². The Morgan fingerprint density at radius 3 is 2.41 bits per heavy atom. The molecule has 1 aliphatic heterocycles. The van der Waals surface area contributed by atoms with Gasteiger partial charge in [-0.2, -0.15) is 0 Å². The van der Waals surface area contributed by atoms with Crippen molar-refractivity contribution in [2.45, 2.75) is 76.8 Å². The minimum absolute atomic E-state index is 0.137. The highest BCUT2D eigenvalue weighted by Crippen LogP contribution is 2.43. The summed E-state index contributed by atoms with van der Waals surface area (Å²) >= 11 is 0. The lowest BCUT2D eigenvalue weighted by atomic mass is 9.92. The predicted molar refractivity (Wildman–Crippen MR) is 135 cm³/mol. The van der Waals surface area contributed by atoms with Crippen LogP contribution in [-0.2, 0) is 0 Å². The third kappa shape index (κ3) is 4.10. The second-order valence-electron chi connectivity index (χ2n) is 10.3. The number of fused-ring (bicyclic) bond motifs is 1. The maximum Gasteiger partial charge on any atom is 0.160 e. The van der Waals surface area contributed by atoms with Gasteiger partial charge in [0.2, 0.25) is 0 Å². The van der Waals surface area contributed by atoms with Crippen molar-refractivity contribution in [2.24, 2.45) is 0 Å². The molecule has 1 aliphatic carbocycles. The lowest BCUT2D eigenvalue weighted by Gasteiger charge is -2.33. The maximum absolute atomic E-state index is 14.2. The molecule has 3 heterocycles. The van der Waals surface area contributed by atoms with Crippen molar-refractivity contribution in [3.05, 3.63) is 65.3 Å². The first-order chi connectivity index (χ1) is 17.8. The SMILES string of the molecule is Cc1noc(C)c1-c1ccc2c(c1)nc([C@@H]1CCC(O)N1c1ccc(F)c(F)c1)n2[C@H]1CC[C@H](O)CC1. The van der Waals surface area contributed by atoms with E-state index in [4.69, 9.17) is 9.51 Å². The summed E-state index contributed by atoms with van der Waals surface area (Å²) in [6, 6.07) is 9.69. The van der Waals surface area contributed by atoms with Crippen LogP contribution in [0.1, 0.15) is 67.9 Å². The number of hydrogen-bond acceptors (Lipinski definition) is 6. The van der Waals surface area contributed by atoms with E-state index >= 15 is 0 Å². The molecule has 2 aromatic heterocycles. The molecular weight excluding hydrogens is 478 g/mol. The topological polar surface area (TPSA) is 87.6 Å². The smallest absolute Gasteiger partial charge is 0.160 e. The first-order valence-electron chi connectivity index (χ1n) is 12.9. The lowest BCUT2D eigenvalue weighted by Crippen LogP contribution is -2.33. The van der Waals surface area contributed by atoms with Gasteiger partial charge in [-0.15, -0.1) is 0 Å². The van der Waals surface area contributed by atoms with Crippen LogP contribution in [0, 0.1) is 25.5 Å². The van der Waals surface area contributed by atoms with E-state index in [1.807, 2.05) is 26.0 Å². The molecule has 1 saturated heterocycles. The highest BCUT2D eigenvalue weighted by atomic mass is 19.2. The highest BCUT2D eigenvalue weighted by molar-refractivity contribution is 5.84. The highest BCUT2D eigenvalue weighted by Gasteiger charge is 2.38. The molecule has 0 spiro atoms. The van der Waals surface area contributed by atoms with Gasteiger partial charge in [-0.05, 0) is 82.2 Å².